The van der Waals surface area contributed by atoms with Crippen molar-refractivity contribution >= 4 is 61.9 Å². The molecule has 0 aliphatic carbocycles. The largest absolute Gasteiger partial charge is 0.502 e. The van der Waals surface area contributed by atoms with Gasteiger partial charge in [-0.2, -0.15) is 11.3 Å². The van der Waals surface area contributed by atoms with Crippen LogP contribution in [-0.4, -0.2) is 26.7 Å². The van der Waals surface area contributed by atoms with Crippen molar-refractivity contribution in [1.29, 1.82) is 0 Å². The minimum Gasteiger partial charge on any atom is -0.502 e. The van der Waals surface area contributed by atoms with Gasteiger partial charge < -0.3 is 10.4 Å². The minimum absolute atomic E-state index is 0.0362. The second kappa shape index (κ2) is 9.46. The van der Waals surface area contributed by atoms with Crippen molar-refractivity contribution in [2.75, 3.05) is 11.1 Å². The quantitative estimate of drug-likeness (QED) is 0.200. The highest BCUT2D eigenvalue weighted by molar-refractivity contribution is 8.01. The molecule has 0 radical (unpaired) electrons. The molecule has 0 saturated heterocycles. The average Bonchev–Trinajstić information content (AvgIpc) is 3.38. The molecule has 0 fully saturated rings. The number of nitrogens with zero attached hydrogens (tertiary/aromatic N) is 2. The number of aromatic nitrogens is 1. The molecule has 4 rings (SSSR count). The predicted molar refractivity (Wildman–Crippen MR) is 125 cm³/mol. The second-order valence-corrected chi connectivity index (χ2v) is 9.85. The Bertz CT molecular complexity index is 1240. The number of hydrogen-bond acceptors (Lipinski definition) is 8. The molecule has 2 aromatic heterocycles. The Labute approximate surface area is 189 Å². The van der Waals surface area contributed by atoms with Gasteiger partial charge in [0, 0.05) is 17.5 Å². The third-order valence-corrected chi connectivity index (χ3v) is 7.35. The minimum atomic E-state index is -0.676. The summed E-state index contributed by atoms with van der Waals surface area (Å²) in [6.45, 7) is 0. The van der Waals surface area contributed by atoms with Gasteiger partial charge in [-0.1, -0.05) is 17.8 Å². The first-order valence-corrected chi connectivity index (χ1v) is 12.0. The summed E-state index contributed by atoms with van der Waals surface area (Å²) in [5, 5.41) is 27.5. The summed E-state index contributed by atoms with van der Waals surface area (Å²) in [6, 6.07) is 11.6. The molecule has 31 heavy (non-hydrogen) atoms. The number of carbonyl (C=O) groups excluding carboxylic acids is 1. The fourth-order valence-corrected chi connectivity index (χ4v) is 5.82. The van der Waals surface area contributed by atoms with E-state index in [0.29, 0.717) is 11.3 Å². The Balaban J connectivity index is 1.38. The van der Waals surface area contributed by atoms with Gasteiger partial charge in [0.05, 0.1) is 21.6 Å². The van der Waals surface area contributed by atoms with Crippen molar-refractivity contribution in [2.45, 2.75) is 17.2 Å². The lowest BCUT2D eigenvalue weighted by molar-refractivity contribution is -0.385. The molecule has 2 N–H and O–H groups in total. The number of nitrogens with one attached hydrogen (secondary N) is 1. The Morgan fingerprint density at radius 2 is 2.06 bits per heavy atom. The molecule has 0 aliphatic heterocycles. The van der Waals surface area contributed by atoms with Crippen LogP contribution in [0.25, 0.3) is 10.2 Å². The van der Waals surface area contributed by atoms with Gasteiger partial charge in [-0.15, -0.1) is 11.3 Å². The van der Waals surface area contributed by atoms with Crippen LogP contribution in [0.1, 0.15) is 11.1 Å². The van der Waals surface area contributed by atoms with Crippen molar-refractivity contribution in [1.82, 2.24) is 4.98 Å². The average molecular weight is 472 g/mol. The first-order chi connectivity index (χ1) is 15.0. The van der Waals surface area contributed by atoms with E-state index in [1.807, 2.05) is 12.1 Å². The van der Waals surface area contributed by atoms with E-state index < -0.39 is 16.4 Å². The van der Waals surface area contributed by atoms with Crippen LogP contribution in [0.3, 0.4) is 0 Å². The van der Waals surface area contributed by atoms with Crippen molar-refractivity contribution in [3.8, 4) is 5.75 Å². The molecule has 0 atom stereocenters. The summed E-state index contributed by atoms with van der Waals surface area (Å²) < 4.78 is 1.97. The first kappa shape index (κ1) is 21.3. The van der Waals surface area contributed by atoms with Gasteiger partial charge in [0.15, 0.2) is 10.1 Å². The molecule has 0 bridgehead atoms. The second-order valence-electron chi connectivity index (χ2n) is 6.70. The number of phenols is 1. The van der Waals surface area contributed by atoms with Gasteiger partial charge in [0.1, 0.15) is 0 Å². The number of thioether (sulfide) groups is 1. The lowest BCUT2D eigenvalue weighted by Crippen LogP contribution is -2.14. The van der Waals surface area contributed by atoms with Crippen molar-refractivity contribution in [2.24, 2.45) is 0 Å². The highest BCUT2D eigenvalue weighted by Crippen LogP contribution is 2.32. The van der Waals surface area contributed by atoms with Gasteiger partial charge in [-0.25, -0.2) is 4.98 Å². The number of nitro benzene ring substituents is 1. The van der Waals surface area contributed by atoms with E-state index in [2.05, 4.69) is 27.1 Å². The summed E-state index contributed by atoms with van der Waals surface area (Å²) in [5.74, 6) is 0.238. The lowest BCUT2D eigenvalue weighted by atomic mass is 10.1. The molecule has 7 nitrogen and oxygen atoms in total. The van der Waals surface area contributed by atoms with E-state index in [4.69, 9.17) is 0 Å². The van der Waals surface area contributed by atoms with Crippen molar-refractivity contribution in [3.05, 3.63) is 74.5 Å². The van der Waals surface area contributed by atoms with Crippen LogP contribution >= 0.6 is 34.4 Å². The maximum absolute atomic E-state index is 12.4. The molecular weight excluding hydrogens is 454 g/mol. The van der Waals surface area contributed by atoms with Gasteiger partial charge >= 0.3 is 5.69 Å². The highest BCUT2D eigenvalue weighted by Gasteiger charge is 2.15. The molecule has 0 saturated carbocycles. The number of rotatable bonds is 8. The van der Waals surface area contributed by atoms with Crippen molar-refractivity contribution < 1.29 is 14.8 Å². The third kappa shape index (κ3) is 5.40. The summed E-state index contributed by atoms with van der Waals surface area (Å²) in [6.07, 6.45) is 0.965. The van der Waals surface area contributed by atoms with Crippen LogP contribution < -0.4 is 5.32 Å². The van der Waals surface area contributed by atoms with E-state index in [0.717, 1.165) is 26.7 Å². The fraction of sp³-hybridized carbons (Fsp3) is 0.143. The first-order valence-electron chi connectivity index (χ1n) is 9.28. The highest BCUT2D eigenvalue weighted by atomic mass is 32.2. The molecule has 0 unspecified atom stereocenters. The number of thiophene rings is 1. The normalized spacial score (nSPS) is 11.0. The number of aromatic hydroxyl groups is 1. The number of thiazole rings is 1. The number of fused-ring (bicyclic) bond motifs is 1. The van der Waals surface area contributed by atoms with E-state index >= 15 is 0 Å². The van der Waals surface area contributed by atoms with Crippen LogP contribution in [0.15, 0.2) is 57.6 Å². The SMILES string of the molecule is O=C(Cc1ccc(O)c([N+](=O)[O-])c1)Nc1ccc2nc(SCCc3ccsc3)sc2c1. The van der Waals surface area contributed by atoms with E-state index in [1.165, 1.54) is 23.8 Å². The van der Waals surface area contributed by atoms with Gasteiger partial charge in [-0.05, 0) is 58.6 Å². The number of hydrogen-bond donors (Lipinski definition) is 2. The molecule has 10 heteroatoms. The number of aryl methyl sites for hydroxylation is 1. The number of anilines is 1. The smallest absolute Gasteiger partial charge is 0.310 e. The van der Waals surface area contributed by atoms with Crippen LogP contribution in [-0.2, 0) is 17.6 Å². The monoisotopic (exact) mass is 471 g/mol. The fourth-order valence-electron chi connectivity index (χ4n) is 2.95. The molecular formula is C21H17N3O4S3. The molecule has 1 amide bonds. The van der Waals surface area contributed by atoms with Crippen LogP contribution in [0, 0.1) is 10.1 Å². The number of benzene rings is 2. The lowest BCUT2D eigenvalue weighted by Gasteiger charge is -2.06. The predicted octanol–water partition coefficient (Wildman–Crippen LogP) is 5.49. The van der Waals surface area contributed by atoms with Gasteiger partial charge in [0.2, 0.25) is 5.91 Å². The van der Waals surface area contributed by atoms with Crippen LogP contribution in [0.4, 0.5) is 11.4 Å². The van der Waals surface area contributed by atoms with E-state index in [9.17, 15) is 20.0 Å². The van der Waals surface area contributed by atoms with Crippen molar-refractivity contribution in [3.63, 3.8) is 0 Å². The molecule has 2 aromatic carbocycles. The third-order valence-electron chi connectivity index (χ3n) is 4.45. The maximum Gasteiger partial charge on any atom is 0.310 e. The summed E-state index contributed by atoms with van der Waals surface area (Å²) in [5.41, 5.74) is 2.90. The van der Waals surface area contributed by atoms with Crippen LogP contribution in [0.5, 0.6) is 5.75 Å². The molecule has 158 valence electrons. The molecule has 0 aliphatic rings. The number of carbonyl (C=O) groups is 1. The topological polar surface area (TPSA) is 105 Å². The Morgan fingerprint density at radius 1 is 1.19 bits per heavy atom. The Morgan fingerprint density at radius 3 is 2.84 bits per heavy atom. The summed E-state index contributed by atoms with van der Waals surface area (Å²) in [7, 11) is 0. The molecule has 0 spiro atoms. The van der Waals surface area contributed by atoms with Crippen LogP contribution in [0.2, 0.25) is 0 Å². The standard InChI is InChI=1S/C21H17N3O4S3/c25-18-4-1-14(9-17(18)24(27)28)10-20(26)22-15-2-3-16-19(11-15)31-21(23-16)30-8-6-13-5-7-29-12-13/h1-5,7,9,11-12,25H,6,8,10H2,(H,22,26). The summed E-state index contributed by atoms with van der Waals surface area (Å²) >= 11 is 5.01. The zero-order chi connectivity index (χ0) is 21.8. The number of nitro groups is 1. The van der Waals surface area contributed by atoms with Gasteiger partial charge in [-0.3, -0.25) is 14.9 Å². The van der Waals surface area contributed by atoms with E-state index in [1.54, 1.807) is 40.5 Å². The zero-order valence-corrected chi connectivity index (χ0v) is 18.6. The number of amides is 1. The Hall–Kier alpha value is -2.95. The summed E-state index contributed by atoms with van der Waals surface area (Å²) in [4.78, 5) is 27.3. The Kier molecular flexibility index (Phi) is 6.50. The molecule has 2 heterocycles. The zero-order valence-electron chi connectivity index (χ0n) is 16.1. The van der Waals surface area contributed by atoms with Gasteiger partial charge in [0.25, 0.3) is 0 Å². The molecule has 4 aromatic rings. The number of phenolic OH excluding ortho intramolecular Hbond substituents is 1. The van der Waals surface area contributed by atoms with E-state index in [-0.39, 0.29) is 12.3 Å². The maximum atomic E-state index is 12.4.